The first-order valence-electron chi connectivity index (χ1n) is 6.33. The topological polar surface area (TPSA) is 28.2 Å². The van der Waals surface area contributed by atoms with Gasteiger partial charge in [0.25, 0.3) is 0 Å². The number of hydrogen-bond donors (Lipinski definition) is 1. The summed E-state index contributed by atoms with van der Waals surface area (Å²) in [6.07, 6.45) is 6.13. The number of halogens is 1. The van der Waals surface area contributed by atoms with Crippen molar-refractivity contribution in [3.05, 3.63) is 29.0 Å². The molecule has 0 aromatic carbocycles. The number of aromatic nitrogens is 1. The molecular weight excluding hydrogens is 234 g/mol. The fraction of sp³-hybridized carbons (Fsp3) is 0.615. The summed E-state index contributed by atoms with van der Waals surface area (Å²) in [4.78, 5) is 6.45. The van der Waals surface area contributed by atoms with Gasteiger partial charge in [-0.1, -0.05) is 18.5 Å². The second kappa shape index (κ2) is 6.34. The van der Waals surface area contributed by atoms with Crippen molar-refractivity contribution in [2.24, 2.45) is 0 Å². The summed E-state index contributed by atoms with van der Waals surface area (Å²) in [5.41, 5.74) is 1.17. The maximum Gasteiger partial charge on any atom is 0.0634 e. The third kappa shape index (κ3) is 3.66. The minimum Gasteiger partial charge on any atom is -0.313 e. The first-order chi connectivity index (χ1) is 8.29. The number of rotatable bonds is 5. The van der Waals surface area contributed by atoms with Gasteiger partial charge in [-0.05, 0) is 37.6 Å². The van der Waals surface area contributed by atoms with Crippen molar-refractivity contribution < 1.29 is 0 Å². The summed E-state index contributed by atoms with van der Waals surface area (Å²) in [6, 6.07) is 2.66. The van der Waals surface area contributed by atoms with Crippen LogP contribution in [0.3, 0.4) is 0 Å². The van der Waals surface area contributed by atoms with Gasteiger partial charge in [-0.3, -0.25) is 9.88 Å². The third-order valence-electron chi connectivity index (χ3n) is 3.34. The molecule has 1 saturated heterocycles. The predicted octanol–water partition coefficient (Wildman–Crippen LogP) is 2.31. The van der Waals surface area contributed by atoms with Gasteiger partial charge in [0.05, 0.1) is 5.02 Å². The molecular formula is C13H20ClN3. The SMILES string of the molecule is CCN(Cc1ccncc1Cl)CC1CCCN1. The molecule has 0 saturated carbocycles. The Hall–Kier alpha value is -0.640. The van der Waals surface area contributed by atoms with Crippen molar-refractivity contribution in [3.63, 3.8) is 0 Å². The molecule has 1 aromatic rings. The Morgan fingerprint density at radius 2 is 2.47 bits per heavy atom. The molecule has 0 bridgehead atoms. The van der Waals surface area contributed by atoms with Crippen molar-refractivity contribution >= 4 is 11.6 Å². The van der Waals surface area contributed by atoms with E-state index >= 15 is 0 Å². The average molecular weight is 254 g/mol. The normalized spacial score (nSPS) is 20.1. The molecule has 1 N–H and O–H groups in total. The first-order valence-corrected chi connectivity index (χ1v) is 6.71. The van der Waals surface area contributed by atoms with Gasteiger partial charge in [0.1, 0.15) is 0 Å². The monoisotopic (exact) mass is 253 g/mol. The molecule has 1 fully saturated rings. The van der Waals surface area contributed by atoms with Gasteiger partial charge in [-0.15, -0.1) is 0 Å². The highest BCUT2D eigenvalue weighted by Crippen LogP contribution is 2.16. The molecule has 17 heavy (non-hydrogen) atoms. The summed E-state index contributed by atoms with van der Waals surface area (Å²) in [5, 5.41) is 4.30. The van der Waals surface area contributed by atoms with Gasteiger partial charge < -0.3 is 5.32 Å². The molecule has 0 radical (unpaired) electrons. The highest BCUT2D eigenvalue weighted by Gasteiger charge is 2.17. The fourth-order valence-corrected chi connectivity index (χ4v) is 2.48. The molecule has 1 atom stereocenters. The van der Waals surface area contributed by atoms with Gasteiger partial charge in [-0.2, -0.15) is 0 Å². The molecule has 2 heterocycles. The van der Waals surface area contributed by atoms with Crippen LogP contribution in [0.1, 0.15) is 25.3 Å². The molecule has 1 aromatic heterocycles. The molecule has 0 spiro atoms. The Morgan fingerprint density at radius 1 is 1.59 bits per heavy atom. The summed E-state index contributed by atoms with van der Waals surface area (Å²) in [5.74, 6) is 0. The van der Waals surface area contributed by atoms with Gasteiger partial charge in [-0.25, -0.2) is 0 Å². The number of likely N-dealkylation sites (N-methyl/N-ethyl adjacent to an activating group) is 1. The second-order valence-electron chi connectivity index (χ2n) is 4.59. The molecule has 1 aliphatic rings. The van der Waals surface area contributed by atoms with Crippen molar-refractivity contribution in [2.45, 2.75) is 32.4 Å². The maximum absolute atomic E-state index is 6.14. The second-order valence-corrected chi connectivity index (χ2v) is 5.00. The molecule has 1 aliphatic heterocycles. The van der Waals surface area contributed by atoms with E-state index in [1.54, 1.807) is 6.20 Å². The number of hydrogen-bond acceptors (Lipinski definition) is 3. The first kappa shape index (κ1) is 12.8. The van der Waals surface area contributed by atoms with Crippen molar-refractivity contribution in [3.8, 4) is 0 Å². The zero-order valence-electron chi connectivity index (χ0n) is 10.3. The summed E-state index contributed by atoms with van der Waals surface area (Å²) >= 11 is 6.14. The minimum absolute atomic E-state index is 0.649. The van der Waals surface area contributed by atoms with Crippen molar-refractivity contribution in [1.82, 2.24) is 15.2 Å². The van der Waals surface area contributed by atoms with E-state index in [2.05, 4.69) is 22.1 Å². The van der Waals surface area contributed by atoms with E-state index in [0.717, 1.165) is 31.2 Å². The Labute approximate surface area is 108 Å². The summed E-state index contributed by atoms with van der Waals surface area (Å²) in [7, 11) is 0. The van der Waals surface area contributed by atoms with E-state index in [1.807, 2.05) is 12.3 Å². The fourth-order valence-electron chi connectivity index (χ4n) is 2.30. The smallest absolute Gasteiger partial charge is 0.0634 e. The van der Waals surface area contributed by atoms with Gasteiger partial charge in [0.2, 0.25) is 0 Å². The van der Waals surface area contributed by atoms with Crippen LogP contribution in [0.2, 0.25) is 5.02 Å². The molecule has 0 amide bonds. The lowest BCUT2D eigenvalue weighted by atomic mass is 10.2. The maximum atomic E-state index is 6.14. The average Bonchev–Trinajstić information content (AvgIpc) is 2.84. The lowest BCUT2D eigenvalue weighted by Gasteiger charge is -2.24. The molecule has 0 aliphatic carbocycles. The Morgan fingerprint density at radius 3 is 3.12 bits per heavy atom. The number of nitrogens with one attached hydrogen (secondary N) is 1. The Bertz CT molecular complexity index is 350. The predicted molar refractivity (Wildman–Crippen MR) is 71.2 cm³/mol. The standard InChI is InChI=1S/C13H20ClN3/c1-2-17(10-12-4-3-6-16-12)9-11-5-7-15-8-13(11)14/h5,7-8,12,16H,2-4,6,9-10H2,1H3. The summed E-state index contributed by atoms with van der Waals surface area (Å²) in [6.45, 7) is 6.43. The van der Waals surface area contributed by atoms with Gasteiger partial charge >= 0.3 is 0 Å². The summed E-state index contributed by atoms with van der Waals surface area (Å²) < 4.78 is 0. The lowest BCUT2D eigenvalue weighted by molar-refractivity contribution is 0.253. The van der Waals surface area contributed by atoms with Gasteiger partial charge in [0.15, 0.2) is 0 Å². The minimum atomic E-state index is 0.649. The van der Waals surface area contributed by atoms with Crippen LogP contribution in [0.15, 0.2) is 18.5 Å². The van der Waals surface area contributed by atoms with Crippen molar-refractivity contribution in [2.75, 3.05) is 19.6 Å². The van der Waals surface area contributed by atoms with Crippen LogP contribution in [0.25, 0.3) is 0 Å². The van der Waals surface area contributed by atoms with Crippen LogP contribution in [-0.4, -0.2) is 35.6 Å². The van der Waals surface area contributed by atoms with Crippen LogP contribution in [0.5, 0.6) is 0 Å². The Balaban J connectivity index is 1.92. The van der Waals surface area contributed by atoms with E-state index in [-0.39, 0.29) is 0 Å². The number of nitrogens with zero attached hydrogens (tertiary/aromatic N) is 2. The van der Waals surface area contributed by atoms with Crippen LogP contribution in [0, 0.1) is 0 Å². The zero-order valence-corrected chi connectivity index (χ0v) is 11.1. The zero-order chi connectivity index (χ0) is 12.1. The van der Waals surface area contributed by atoms with Crippen LogP contribution < -0.4 is 5.32 Å². The van der Waals surface area contributed by atoms with E-state index < -0.39 is 0 Å². The van der Waals surface area contributed by atoms with E-state index in [0.29, 0.717) is 6.04 Å². The molecule has 94 valence electrons. The van der Waals surface area contributed by atoms with Gasteiger partial charge in [0, 0.05) is 31.5 Å². The highest BCUT2D eigenvalue weighted by atomic mass is 35.5. The highest BCUT2D eigenvalue weighted by molar-refractivity contribution is 6.31. The van der Waals surface area contributed by atoms with Crippen molar-refractivity contribution in [1.29, 1.82) is 0 Å². The lowest BCUT2D eigenvalue weighted by Crippen LogP contribution is -2.37. The van der Waals surface area contributed by atoms with E-state index in [1.165, 1.54) is 18.4 Å². The molecule has 4 heteroatoms. The van der Waals surface area contributed by atoms with Crippen LogP contribution in [0.4, 0.5) is 0 Å². The van der Waals surface area contributed by atoms with E-state index in [9.17, 15) is 0 Å². The van der Waals surface area contributed by atoms with Crippen LogP contribution >= 0.6 is 11.6 Å². The quantitative estimate of drug-likeness (QED) is 0.873. The Kier molecular flexibility index (Phi) is 4.77. The largest absolute Gasteiger partial charge is 0.313 e. The van der Waals surface area contributed by atoms with E-state index in [4.69, 9.17) is 11.6 Å². The number of pyridine rings is 1. The van der Waals surface area contributed by atoms with Crippen LogP contribution in [-0.2, 0) is 6.54 Å². The molecule has 1 unspecified atom stereocenters. The molecule has 3 nitrogen and oxygen atoms in total. The third-order valence-corrected chi connectivity index (χ3v) is 3.68. The molecule has 2 rings (SSSR count).